The summed E-state index contributed by atoms with van der Waals surface area (Å²) in [6, 6.07) is 13.7. The molecule has 0 radical (unpaired) electrons. The zero-order valence-electron chi connectivity index (χ0n) is 14.7. The van der Waals surface area contributed by atoms with Crippen LogP contribution in [0.4, 0.5) is 0 Å². The highest BCUT2D eigenvalue weighted by molar-refractivity contribution is 5.96. The smallest absolute Gasteiger partial charge is 0.335 e. The number of ether oxygens (including phenoxy) is 2. The van der Waals surface area contributed by atoms with Gasteiger partial charge in [-0.05, 0) is 43.2 Å². The Bertz CT molecular complexity index is 744. The van der Waals surface area contributed by atoms with Gasteiger partial charge in [-0.1, -0.05) is 24.3 Å². The van der Waals surface area contributed by atoms with E-state index in [0.717, 1.165) is 5.56 Å². The minimum atomic E-state index is -0.964. The van der Waals surface area contributed by atoms with Crippen LogP contribution in [0.15, 0.2) is 48.5 Å². The van der Waals surface area contributed by atoms with Crippen LogP contribution in [-0.4, -0.2) is 43.3 Å². The van der Waals surface area contributed by atoms with Crippen molar-refractivity contribution in [1.82, 2.24) is 5.32 Å². The molecule has 0 saturated carbocycles. The summed E-state index contributed by atoms with van der Waals surface area (Å²) in [6.45, 7) is 3.77. The van der Waals surface area contributed by atoms with Crippen LogP contribution < -0.4 is 10.1 Å². The number of aromatic carboxylic acids is 1. The lowest BCUT2D eigenvalue weighted by molar-refractivity contribution is 0.0696. The molecule has 1 amide bonds. The van der Waals surface area contributed by atoms with E-state index in [0.29, 0.717) is 44.1 Å². The number of nitrogens with one attached hydrogen (secondary N) is 1. The number of rotatable bonds is 10. The molecule has 0 fully saturated rings. The number of carbonyl (C=O) groups excluding carboxylic acids is 1. The van der Waals surface area contributed by atoms with Gasteiger partial charge in [0, 0.05) is 13.2 Å². The number of carboxylic acids is 1. The van der Waals surface area contributed by atoms with Crippen molar-refractivity contribution in [2.45, 2.75) is 13.3 Å². The van der Waals surface area contributed by atoms with Gasteiger partial charge in [-0.2, -0.15) is 0 Å². The number of carboxylic acid groups (broad SMARTS) is 1. The Balaban J connectivity index is 1.89. The van der Waals surface area contributed by atoms with Gasteiger partial charge in [0.15, 0.2) is 0 Å². The summed E-state index contributed by atoms with van der Waals surface area (Å²) in [6.07, 6.45) is 0.542. The molecule has 0 saturated heterocycles. The van der Waals surface area contributed by atoms with Gasteiger partial charge >= 0.3 is 5.97 Å². The predicted molar refractivity (Wildman–Crippen MR) is 97.9 cm³/mol. The molecule has 0 heterocycles. The molecule has 2 N–H and O–H groups in total. The number of hydrogen-bond donors (Lipinski definition) is 2. The van der Waals surface area contributed by atoms with Gasteiger partial charge in [0.25, 0.3) is 5.91 Å². The fourth-order valence-corrected chi connectivity index (χ4v) is 2.41. The second kappa shape index (κ2) is 10.2. The fraction of sp³-hybridized carbons (Fsp3) is 0.300. The number of para-hydroxylation sites is 1. The molecule has 0 bridgehead atoms. The molecule has 0 unspecified atom stereocenters. The highest BCUT2D eigenvalue weighted by Crippen LogP contribution is 2.17. The van der Waals surface area contributed by atoms with Crippen LogP contribution in [0.25, 0.3) is 0 Å². The van der Waals surface area contributed by atoms with E-state index in [1.54, 1.807) is 36.4 Å². The second-order valence-corrected chi connectivity index (χ2v) is 5.55. The maximum Gasteiger partial charge on any atom is 0.335 e. The van der Waals surface area contributed by atoms with Gasteiger partial charge in [-0.3, -0.25) is 4.79 Å². The minimum Gasteiger partial charge on any atom is -0.490 e. The Morgan fingerprint density at radius 3 is 2.65 bits per heavy atom. The topological polar surface area (TPSA) is 84.9 Å². The van der Waals surface area contributed by atoms with E-state index in [9.17, 15) is 9.59 Å². The van der Waals surface area contributed by atoms with Crippen LogP contribution in [0.3, 0.4) is 0 Å². The van der Waals surface area contributed by atoms with Crippen molar-refractivity contribution in [2.24, 2.45) is 0 Å². The van der Waals surface area contributed by atoms with E-state index >= 15 is 0 Å². The Hall–Kier alpha value is -2.86. The quantitative estimate of drug-likeness (QED) is 0.639. The lowest BCUT2D eigenvalue weighted by Gasteiger charge is -2.12. The predicted octanol–water partition coefficient (Wildman–Crippen LogP) is 2.77. The lowest BCUT2D eigenvalue weighted by Crippen LogP contribution is -2.26. The number of amides is 1. The summed E-state index contributed by atoms with van der Waals surface area (Å²) in [5, 5.41) is 11.9. The van der Waals surface area contributed by atoms with Crippen LogP contribution in [0.5, 0.6) is 5.75 Å². The summed E-state index contributed by atoms with van der Waals surface area (Å²) < 4.78 is 10.8. The molecule has 0 atom stereocenters. The van der Waals surface area contributed by atoms with Gasteiger partial charge < -0.3 is 19.9 Å². The first-order valence-corrected chi connectivity index (χ1v) is 8.51. The molecule has 6 heteroatoms. The van der Waals surface area contributed by atoms with Crippen LogP contribution >= 0.6 is 0 Å². The SMILES string of the molecule is CCOCCOc1ccccc1C(=O)NCCc1cccc(C(=O)O)c1. The monoisotopic (exact) mass is 357 g/mol. The van der Waals surface area contributed by atoms with Crippen molar-refractivity contribution in [3.05, 3.63) is 65.2 Å². The standard InChI is InChI=1S/C20H23NO5/c1-2-25-12-13-26-18-9-4-3-8-17(18)19(22)21-11-10-15-6-5-7-16(14-15)20(23)24/h3-9,14H,2,10-13H2,1H3,(H,21,22)(H,23,24). The highest BCUT2D eigenvalue weighted by Gasteiger charge is 2.12. The van der Waals surface area contributed by atoms with Crippen LogP contribution in [0.1, 0.15) is 33.2 Å². The first kappa shape index (κ1) is 19.5. The van der Waals surface area contributed by atoms with Crippen molar-refractivity contribution in [3.63, 3.8) is 0 Å². The average Bonchev–Trinajstić information content (AvgIpc) is 2.65. The lowest BCUT2D eigenvalue weighted by atomic mass is 10.1. The molecular formula is C20H23NO5. The van der Waals surface area contributed by atoms with Crippen LogP contribution in [-0.2, 0) is 11.2 Å². The Morgan fingerprint density at radius 2 is 1.88 bits per heavy atom. The van der Waals surface area contributed by atoms with E-state index in [1.807, 2.05) is 19.1 Å². The maximum absolute atomic E-state index is 12.4. The average molecular weight is 357 g/mol. The third-order valence-electron chi connectivity index (χ3n) is 3.69. The van der Waals surface area contributed by atoms with E-state index in [-0.39, 0.29) is 11.5 Å². The van der Waals surface area contributed by atoms with Gasteiger partial charge in [0.1, 0.15) is 12.4 Å². The zero-order valence-corrected chi connectivity index (χ0v) is 14.7. The number of carbonyl (C=O) groups is 2. The molecule has 0 aliphatic carbocycles. The minimum absolute atomic E-state index is 0.230. The number of hydrogen-bond acceptors (Lipinski definition) is 4. The Labute approximate surface area is 152 Å². The van der Waals surface area contributed by atoms with Crippen molar-refractivity contribution < 1.29 is 24.2 Å². The molecule has 2 aromatic rings. The normalized spacial score (nSPS) is 10.3. The maximum atomic E-state index is 12.4. The van der Waals surface area contributed by atoms with E-state index in [2.05, 4.69) is 5.32 Å². The van der Waals surface area contributed by atoms with Crippen molar-refractivity contribution in [1.29, 1.82) is 0 Å². The molecule has 0 spiro atoms. The summed E-state index contributed by atoms with van der Waals surface area (Å²) in [4.78, 5) is 23.4. The Morgan fingerprint density at radius 1 is 1.08 bits per heavy atom. The van der Waals surface area contributed by atoms with Gasteiger partial charge in [0.2, 0.25) is 0 Å². The molecule has 2 rings (SSSR count). The Kier molecular flexibility index (Phi) is 7.64. The summed E-state index contributed by atoms with van der Waals surface area (Å²) in [5.74, 6) is -0.682. The van der Waals surface area contributed by atoms with E-state index < -0.39 is 5.97 Å². The zero-order chi connectivity index (χ0) is 18.8. The summed E-state index contributed by atoms with van der Waals surface area (Å²) >= 11 is 0. The van der Waals surface area contributed by atoms with Gasteiger partial charge in [0.05, 0.1) is 17.7 Å². The van der Waals surface area contributed by atoms with Crippen LogP contribution in [0.2, 0.25) is 0 Å². The molecule has 0 aliphatic rings. The fourth-order valence-electron chi connectivity index (χ4n) is 2.41. The molecule has 26 heavy (non-hydrogen) atoms. The molecule has 2 aromatic carbocycles. The van der Waals surface area contributed by atoms with Gasteiger partial charge in [-0.15, -0.1) is 0 Å². The van der Waals surface area contributed by atoms with Crippen molar-refractivity contribution >= 4 is 11.9 Å². The third kappa shape index (κ3) is 5.89. The summed E-state index contributed by atoms with van der Waals surface area (Å²) in [5.41, 5.74) is 1.55. The van der Waals surface area contributed by atoms with Crippen molar-refractivity contribution in [3.8, 4) is 5.75 Å². The third-order valence-corrected chi connectivity index (χ3v) is 3.69. The molecule has 0 aliphatic heterocycles. The first-order chi connectivity index (χ1) is 12.6. The molecule has 0 aromatic heterocycles. The van der Waals surface area contributed by atoms with E-state index in [1.165, 1.54) is 0 Å². The largest absolute Gasteiger partial charge is 0.490 e. The molecule has 6 nitrogen and oxygen atoms in total. The highest BCUT2D eigenvalue weighted by atomic mass is 16.5. The van der Waals surface area contributed by atoms with Crippen molar-refractivity contribution in [2.75, 3.05) is 26.4 Å². The second-order valence-electron chi connectivity index (χ2n) is 5.55. The molecular weight excluding hydrogens is 334 g/mol. The van der Waals surface area contributed by atoms with Crippen LogP contribution in [0, 0.1) is 0 Å². The number of benzene rings is 2. The summed E-state index contributed by atoms with van der Waals surface area (Å²) in [7, 11) is 0. The first-order valence-electron chi connectivity index (χ1n) is 8.51. The molecule has 138 valence electrons. The van der Waals surface area contributed by atoms with E-state index in [4.69, 9.17) is 14.6 Å². The van der Waals surface area contributed by atoms with Gasteiger partial charge in [-0.25, -0.2) is 4.79 Å².